The lowest BCUT2D eigenvalue weighted by atomic mass is 10.1. The molecule has 0 fully saturated rings. The number of halogens is 1. The second-order valence-electron chi connectivity index (χ2n) is 3.51. The molecule has 1 aromatic carbocycles. The minimum atomic E-state index is 0.154. The van der Waals surface area contributed by atoms with Crippen LogP contribution in [-0.2, 0) is 6.42 Å². The van der Waals surface area contributed by atoms with Crippen LogP contribution in [0, 0.1) is 0 Å². The molecule has 0 saturated heterocycles. The van der Waals surface area contributed by atoms with E-state index in [-0.39, 0.29) is 6.04 Å². The van der Waals surface area contributed by atoms with Crippen LogP contribution in [0.5, 0.6) is 0 Å². The van der Waals surface area contributed by atoms with E-state index in [9.17, 15) is 0 Å². The molecule has 0 aliphatic carbocycles. The zero-order valence-electron chi connectivity index (χ0n) is 8.94. The molecule has 2 rings (SSSR count). The highest BCUT2D eigenvalue weighted by Gasteiger charge is 2.13. The van der Waals surface area contributed by atoms with Gasteiger partial charge in [-0.05, 0) is 25.1 Å². The Balaban J connectivity index is 2.17. The molecule has 0 saturated carbocycles. The number of hydrogen-bond donors (Lipinski definition) is 2. The Morgan fingerprint density at radius 3 is 2.88 bits per heavy atom. The van der Waals surface area contributed by atoms with Crippen LogP contribution in [0.2, 0.25) is 0 Å². The number of aromatic nitrogens is 3. The number of rotatable bonds is 4. The van der Waals surface area contributed by atoms with E-state index in [0.29, 0.717) is 0 Å². The molecule has 2 aromatic rings. The van der Waals surface area contributed by atoms with Crippen LogP contribution in [0.1, 0.15) is 17.4 Å². The lowest BCUT2D eigenvalue weighted by molar-refractivity contribution is 0.559. The standard InChI is InChI=1S/C11H13BrN4/c1-13-10(11-14-7-15-16-11)6-8-4-2-3-5-9(8)12/h2-5,7,10,13H,6H2,1H3,(H,14,15,16). The van der Waals surface area contributed by atoms with Crippen LogP contribution in [0.15, 0.2) is 35.1 Å². The molecular weight excluding hydrogens is 268 g/mol. The van der Waals surface area contributed by atoms with Gasteiger partial charge in [0, 0.05) is 4.47 Å². The third-order valence-electron chi connectivity index (χ3n) is 2.49. The number of nitrogens with one attached hydrogen (secondary N) is 2. The summed E-state index contributed by atoms with van der Waals surface area (Å²) in [6, 6.07) is 8.35. The molecule has 5 heteroatoms. The van der Waals surface area contributed by atoms with Gasteiger partial charge in [0.2, 0.25) is 0 Å². The van der Waals surface area contributed by atoms with Gasteiger partial charge in [-0.2, -0.15) is 5.10 Å². The molecule has 1 heterocycles. The van der Waals surface area contributed by atoms with Gasteiger partial charge < -0.3 is 5.32 Å². The summed E-state index contributed by atoms with van der Waals surface area (Å²) in [4.78, 5) is 4.17. The largest absolute Gasteiger partial charge is 0.310 e. The van der Waals surface area contributed by atoms with Crippen molar-refractivity contribution in [2.24, 2.45) is 0 Å². The molecule has 1 atom stereocenters. The smallest absolute Gasteiger partial charge is 0.141 e. The second-order valence-corrected chi connectivity index (χ2v) is 4.36. The predicted octanol–water partition coefficient (Wildman–Crippen LogP) is 2.07. The van der Waals surface area contributed by atoms with Crippen LogP contribution in [0.25, 0.3) is 0 Å². The van der Waals surface area contributed by atoms with E-state index in [4.69, 9.17) is 0 Å². The van der Waals surface area contributed by atoms with Gasteiger partial charge in [0.25, 0.3) is 0 Å². The minimum Gasteiger partial charge on any atom is -0.310 e. The molecule has 4 nitrogen and oxygen atoms in total. The monoisotopic (exact) mass is 280 g/mol. The summed E-state index contributed by atoms with van der Waals surface area (Å²) < 4.78 is 1.12. The molecule has 0 amide bonds. The van der Waals surface area contributed by atoms with E-state index in [1.54, 1.807) is 0 Å². The fourth-order valence-corrected chi connectivity index (χ4v) is 2.05. The van der Waals surface area contributed by atoms with Crippen molar-refractivity contribution in [2.75, 3.05) is 7.05 Å². The molecule has 0 aliphatic rings. The van der Waals surface area contributed by atoms with E-state index < -0.39 is 0 Å². The first-order chi connectivity index (χ1) is 7.81. The Hall–Kier alpha value is -1.20. The number of H-pyrrole nitrogens is 1. The van der Waals surface area contributed by atoms with Gasteiger partial charge in [0.15, 0.2) is 0 Å². The van der Waals surface area contributed by atoms with E-state index in [1.807, 2.05) is 25.2 Å². The average molecular weight is 281 g/mol. The van der Waals surface area contributed by atoms with Gasteiger partial charge in [-0.25, -0.2) is 4.98 Å². The number of benzene rings is 1. The summed E-state index contributed by atoms with van der Waals surface area (Å²) in [6.45, 7) is 0. The van der Waals surface area contributed by atoms with Gasteiger partial charge >= 0.3 is 0 Å². The topological polar surface area (TPSA) is 53.6 Å². The minimum absolute atomic E-state index is 0.154. The highest BCUT2D eigenvalue weighted by atomic mass is 79.9. The molecule has 1 unspecified atom stereocenters. The highest BCUT2D eigenvalue weighted by molar-refractivity contribution is 9.10. The lowest BCUT2D eigenvalue weighted by Gasteiger charge is -2.14. The van der Waals surface area contributed by atoms with E-state index >= 15 is 0 Å². The van der Waals surface area contributed by atoms with Crippen molar-refractivity contribution in [1.29, 1.82) is 0 Å². The van der Waals surface area contributed by atoms with Crippen LogP contribution < -0.4 is 5.32 Å². The van der Waals surface area contributed by atoms with Crippen molar-refractivity contribution in [3.63, 3.8) is 0 Å². The Morgan fingerprint density at radius 2 is 2.25 bits per heavy atom. The number of likely N-dealkylation sites (N-methyl/N-ethyl adjacent to an activating group) is 1. The normalized spacial score (nSPS) is 12.6. The van der Waals surface area contributed by atoms with Crippen LogP contribution in [0.4, 0.5) is 0 Å². The lowest BCUT2D eigenvalue weighted by Crippen LogP contribution is -2.20. The molecule has 0 spiro atoms. The summed E-state index contributed by atoms with van der Waals surface area (Å²) in [6.07, 6.45) is 2.40. The van der Waals surface area contributed by atoms with Crippen molar-refractivity contribution < 1.29 is 0 Å². The van der Waals surface area contributed by atoms with E-state index in [1.165, 1.54) is 11.9 Å². The quantitative estimate of drug-likeness (QED) is 0.902. The molecule has 0 radical (unpaired) electrons. The molecule has 0 bridgehead atoms. The first-order valence-electron chi connectivity index (χ1n) is 5.07. The van der Waals surface area contributed by atoms with Crippen molar-refractivity contribution in [1.82, 2.24) is 20.5 Å². The maximum Gasteiger partial charge on any atom is 0.141 e. The van der Waals surface area contributed by atoms with Crippen molar-refractivity contribution in [3.8, 4) is 0 Å². The SMILES string of the molecule is CNC(Cc1ccccc1Br)c1ncn[nH]1. The van der Waals surface area contributed by atoms with Gasteiger partial charge in [0.05, 0.1) is 6.04 Å². The van der Waals surface area contributed by atoms with Gasteiger partial charge in [-0.3, -0.25) is 5.10 Å². The zero-order valence-corrected chi connectivity index (χ0v) is 10.5. The maximum absolute atomic E-state index is 4.17. The molecule has 16 heavy (non-hydrogen) atoms. The van der Waals surface area contributed by atoms with Crippen LogP contribution >= 0.6 is 15.9 Å². The first-order valence-corrected chi connectivity index (χ1v) is 5.86. The van der Waals surface area contributed by atoms with Crippen LogP contribution in [-0.4, -0.2) is 22.2 Å². The molecule has 0 aliphatic heterocycles. The fourth-order valence-electron chi connectivity index (χ4n) is 1.60. The summed E-state index contributed by atoms with van der Waals surface area (Å²) in [7, 11) is 1.92. The Bertz CT molecular complexity index is 441. The van der Waals surface area contributed by atoms with Gasteiger partial charge in [0.1, 0.15) is 12.2 Å². The second kappa shape index (κ2) is 5.23. The van der Waals surface area contributed by atoms with E-state index in [0.717, 1.165) is 16.7 Å². The third kappa shape index (κ3) is 2.48. The summed E-state index contributed by atoms with van der Waals surface area (Å²) >= 11 is 3.54. The van der Waals surface area contributed by atoms with Gasteiger partial charge in [-0.15, -0.1) is 0 Å². The average Bonchev–Trinajstić information content (AvgIpc) is 2.81. The van der Waals surface area contributed by atoms with Gasteiger partial charge in [-0.1, -0.05) is 34.1 Å². The predicted molar refractivity (Wildman–Crippen MR) is 66.0 cm³/mol. The Labute approximate surface area is 103 Å². The molecule has 84 valence electrons. The number of nitrogens with zero attached hydrogens (tertiary/aromatic N) is 2. The highest BCUT2D eigenvalue weighted by Crippen LogP contribution is 2.21. The summed E-state index contributed by atoms with van der Waals surface area (Å²) in [5.41, 5.74) is 1.25. The summed E-state index contributed by atoms with van der Waals surface area (Å²) in [5, 5.41) is 9.98. The first kappa shape index (κ1) is 11.3. The zero-order chi connectivity index (χ0) is 11.4. The van der Waals surface area contributed by atoms with Crippen LogP contribution in [0.3, 0.4) is 0 Å². The molecular formula is C11H13BrN4. The molecule has 2 N–H and O–H groups in total. The number of hydrogen-bond acceptors (Lipinski definition) is 3. The number of aromatic amines is 1. The Kier molecular flexibility index (Phi) is 3.69. The Morgan fingerprint density at radius 1 is 1.44 bits per heavy atom. The maximum atomic E-state index is 4.17. The fraction of sp³-hybridized carbons (Fsp3) is 0.273. The van der Waals surface area contributed by atoms with Crippen molar-refractivity contribution in [3.05, 3.63) is 46.5 Å². The van der Waals surface area contributed by atoms with E-state index in [2.05, 4.69) is 42.5 Å². The third-order valence-corrected chi connectivity index (χ3v) is 3.27. The molecule has 1 aromatic heterocycles. The van der Waals surface area contributed by atoms with Crippen molar-refractivity contribution >= 4 is 15.9 Å². The van der Waals surface area contributed by atoms with Crippen molar-refractivity contribution in [2.45, 2.75) is 12.5 Å². The summed E-state index contributed by atoms with van der Waals surface area (Å²) in [5.74, 6) is 0.859.